The zero-order valence-corrected chi connectivity index (χ0v) is 46.3. The predicted molar refractivity (Wildman–Crippen MR) is 259 cm³/mol. The Morgan fingerprint density at radius 3 is 1.15 bits per heavy atom. The summed E-state index contributed by atoms with van der Waals surface area (Å²) in [5.41, 5.74) is -3.91. The molecule has 9 spiro atoms. The van der Waals surface area contributed by atoms with Crippen LogP contribution in [0.15, 0.2) is 33.4 Å². The molecule has 9 aliphatic carbocycles. The van der Waals surface area contributed by atoms with Crippen LogP contribution in [-0.4, -0.2) is 206 Å². The first-order valence-electron chi connectivity index (χ1n) is 30.2. The molecule has 0 unspecified atom stereocenters. The average Bonchev–Trinajstić information content (AvgIpc) is 1.42. The number of esters is 3. The fourth-order valence-electron chi connectivity index (χ4n) is 24.1. The van der Waals surface area contributed by atoms with Crippen molar-refractivity contribution in [1.29, 1.82) is 0 Å². The number of Topliss-reactive ketones (excluding diaryl/α,β-unsaturated/α-hetero) is 1. The molecule has 12 saturated heterocycles. The van der Waals surface area contributed by atoms with E-state index in [9.17, 15) is 29.4 Å². The molecule has 29 atom stereocenters. The number of cyclic esters (lactones) is 3. The van der Waals surface area contributed by atoms with Gasteiger partial charge in [-0.2, -0.15) is 0 Å². The number of aliphatic hydroxyl groups is 2. The quantitative estimate of drug-likeness (QED) is 0.226. The normalized spacial score (nSPS) is 67.0. The SMILES string of the molecule is CC(C)[C@]12O[C@H]1[C@@H]1O[C@@]13[C@@]1(C)CCC4=C(COC4=O)[C@@]14O[C@H]4[C@@H]1O[C@@]13C2=O.CC(C)[C@]12O[C@H]1[C@@H]1O[C@]13[C@]1(O[C@H]1[C@@H]1O[C@@]14C1=C(CC[C@]34C)C(=O)OC1)[C@@H]2O.CC(C)[C@]12O[C@H]1[C@@H]1O[C@]13[C@]1(O[C@H]1[C@@H]1O[C@@]14C1=C(CC[C@]34C)C(=O)OC1)[C@H]2O. The first-order chi connectivity index (χ1) is 38.5. The Kier molecular flexibility index (Phi) is 6.94. The third kappa shape index (κ3) is 3.74. The number of carbonyl (C=O) groups is 4. The minimum absolute atomic E-state index is 0.0533. The Balaban J connectivity index is 0.0000000838. The highest BCUT2D eigenvalue weighted by Gasteiger charge is 3.10. The zero-order chi connectivity index (χ0) is 55.1. The second kappa shape index (κ2) is 12.0. The molecule has 0 aromatic rings. The van der Waals surface area contributed by atoms with Crippen molar-refractivity contribution in [3.63, 3.8) is 0 Å². The lowest BCUT2D eigenvalue weighted by Crippen LogP contribution is -2.71. The van der Waals surface area contributed by atoms with Crippen LogP contribution in [0.3, 0.4) is 0 Å². The summed E-state index contributed by atoms with van der Waals surface area (Å²) in [6, 6.07) is 0. The molecule has 6 saturated carbocycles. The van der Waals surface area contributed by atoms with E-state index in [1.54, 1.807) is 0 Å². The van der Waals surface area contributed by atoms with Crippen molar-refractivity contribution < 1.29 is 100 Å². The van der Waals surface area contributed by atoms with E-state index >= 15 is 0 Å². The van der Waals surface area contributed by atoms with E-state index in [4.69, 9.17) is 71.1 Å². The molecule has 0 bridgehead atoms. The van der Waals surface area contributed by atoms with Gasteiger partial charge >= 0.3 is 17.9 Å². The third-order valence-electron chi connectivity index (χ3n) is 28.2. The summed E-state index contributed by atoms with van der Waals surface area (Å²) >= 11 is 0. The van der Waals surface area contributed by atoms with Crippen molar-refractivity contribution >= 4 is 23.7 Å². The molecule has 2 N–H and O–H groups in total. The molecule has 21 nitrogen and oxygen atoms in total. The van der Waals surface area contributed by atoms with Gasteiger partial charge in [-0.15, -0.1) is 0 Å². The molecule has 0 radical (unpaired) electrons. The van der Waals surface area contributed by atoms with E-state index in [1.165, 1.54) is 0 Å². The Morgan fingerprint density at radius 2 is 0.741 bits per heavy atom. The number of hydrogen-bond acceptors (Lipinski definition) is 21. The van der Waals surface area contributed by atoms with E-state index in [1.807, 2.05) is 13.8 Å². The summed E-state index contributed by atoms with van der Waals surface area (Å²) in [4.78, 5) is 50.3. The van der Waals surface area contributed by atoms with Gasteiger partial charge < -0.3 is 81.3 Å². The van der Waals surface area contributed by atoms with Gasteiger partial charge in [0.25, 0.3) is 0 Å². The van der Waals surface area contributed by atoms with Crippen molar-refractivity contribution in [2.75, 3.05) is 19.8 Å². The lowest BCUT2D eigenvalue weighted by molar-refractivity contribution is -0.139. The van der Waals surface area contributed by atoms with Gasteiger partial charge in [0, 0.05) is 49.7 Å². The van der Waals surface area contributed by atoms with E-state index in [-0.39, 0.29) is 132 Å². The Labute approximate surface area is 463 Å². The molecule has 15 aliphatic heterocycles. The smallest absolute Gasteiger partial charge is 0.334 e. The number of carbonyl (C=O) groups excluding carboxylic acids is 4. The van der Waals surface area contributed by atoms with Crippen LogP contribution in [0.2, 0.25) is 0 Å². The highest BCUT2D eigenvalue weighted by molar-refractivity contribution is 6.06. The van der Waals surface area contributed by atoms with E-state index in [0.717, 1.165) is 52.7 Å². The number of hydrogen-bond donors (Lipinski definition) is 2. The van der Waals surface area contributed by atoms with Gasteiger partial charge in [0.05, 0.1) is 0 Å². The molecule has 0 aromatic carbocycles. The first-order valence-corrected chi connectivity index (χ1v) is 30.2. The maximum atomic E-state index is 13.7. The van der Waals surface area contributed by atoms with Crippen LogP contribution in [0, 0.1) is 34.0 Å². The van der Waals surface area contributed by atoms with Crippen LogP contribution in [0.5, 0.6) is 0 Å². The number of fused-ring (bicyclic) bond motifs is 9. The minimum atomic E-state index is -0.949. The summed E-state index contributed by atoms with van der Waals surface area (Å²) in [7, 11) is 0. The third-order valence-corrected chi connectivity index (χ3v) is 28.2. The van der Waals surface area contributed by atoms with Crippen molar-refractivity contribution in [1.82, 2.24) is 0 Å². The van der Waals surface area contributed by atoms with Crippen LogP contribution >= 0.6 is 0 Å². The van der Waals surface area contributed by atoms with Gasteiger partial charge in [-0.1, -0.05) is 62.3 Å². The van der Waals surface area contributed by atoms with Crippen LogP contribution in [0.25, 0.3) is 0 Å². The number of ether oxygens (including phenoxy) is 15. The monoisotopic (exact) mass is 1120 g/mol. The Morgan fingerprint density at radius 1 is 0.383 bits per heavy atom. The lowest BCUT2D eigenvalue weighted by atomic mass is 9.46. The highest BCUT2D eigenvalue weighted by Crippen LogP contribution is 2.91. The second-order valence-corrected chi connectivity index (χ2v) is 30.4. The van der Waals surface area contributed by atoms with E-state index < -0.39 is 84.8 Å². The average molecular weight is 1120 g/mol. The molecule has 15 heterocycles. The van der Waals surface area contributed by atoms with Crippen molar-refractivity contribution in [2.45, 2.75) is 254 Å². The number of epoxide rings is 12. The predicted octanol–water partition coefficient (Wildman–Crippen LogP) is 0.911. The lowest BCUT2D eigenvalue weighted by Gasteiger charge is -2.51. The van der Waals surface area contributed by atoms with Gasteiger partial charge in [0.15, 0.2) is 22.4 Å². The second-order valence-electron chi connectivity index (χ2n) is 30.4. The van der Waals surface area contributed by atoms with Crippen LogP contribution in [0.1, 0.15) is 101 Å². The van der Waals surface area contributed by atoms with Gasteiger partial charge in [-0.25, -0.2) is 14.4 Å². The molecule has 24 aliphatic rings. The Bertz CT molecular complexity index is 3340. The van der Waals surface area contributed by atoms with Gasteiger partial charge in [-0.3, -0.25) is 4.79 Å². The van der Waals surface area contributed by atoms with E-state index in [2.05, 4.69) is 48.5 Å². The summed E-state index contributed by atoms with van der Waals surface area (Å²) in [5, 5.41) is 23.0. The first kappa shape index (κ1) is 47.0. The van der Waals surface area contributed by atoms with Crippen LogP contribution in [-0.2, 0) is 90.2 Å². The molecular weight excluding hydrogens is 1060 g/mol. The zero-order valence-electron chi connectivity index (χ0n) is 46.3. The fourth-order valence-corrected chi connectivity index (χ4v) is 24.1. The largest absolute Gasteiger partial charge is 0.458 e. The van der Waals surface area contributed by atoms with Gasteiger partial charge in [0.2, 0.25) is 5.78 Å². The molecule has 21 heteroatoms. The van der Waals surface area contributed by atoms with Crippen molar-refractivity contribution in [2.24, 2.45) is 34.0 Å². The minimum Gasteiger partial charge on any atom is -0.458 e. The molecule has 0 aromatic heterocycles. The number of aliphatic hydroxyl groups excluding tert-OH is 2. The summed E-state index contributed by atoms with van der Waals surface area (Å²) in [6.07, 6.45) is 0.829. The highest BCUT2D eigenvalue weighted by atomic mass is 16.8. The topological polar surface area (TPSA) is 287 Å². The van der Waals surface area contributed by atoms with Gasteiger partial charge in [0.1, 0.15) is 150 Å². The number of rotatable bonds is 3. The Hall–Kier alpha value is -3.26. The molecular formula is C60H64O21. The molecule has 0 amide bonds. The fraction of sp³-hybridized carbons (Fsp3) is 0.833. The molecule has 18 fully saturated rings. The van der Waals surface area contributed by atoms with Crippen molar-refractivity contribution in [3.05, 3.63) is 33.4 Å². The van der Waals surface area contributed by atoms with Crippen LogP contribution in [0.4, 0.5) is 0 Å². The maximum Gasteiger partial charge on any atom is 0.334 e. The standard InChI is InChI=1S/2C20H22O7.C20H20O7/c3*1-7(2)17-10(24-17)13-20(27-13)16(3)5-4-8-9(6-23-14(8)21)18(16)11(25-18)12-19(20,26-12)15(17)22/h2*7,10-13,15,22H,4-6H2,1-3H3;7,10-13H,4-6H2,1-3H3/t10-,11-,12-,13-,15+,16-,17-,18-,19+,20+;10-,11-,12-,13-,15-,16-,17-,18-,19+,20+;10-,11-,12-,13-,16-,17-,18-,19+,20+/m000/s1. The molecule has 24 rings (SSSR count). The van der Waals surface area contributed by atoms with E-state index in [0.29, 0.717) is 32.5 Å². The number of ketones is 1. The maximum absolute atomic E-state index is 13.7. The summed E-state index contributed by atoms with van der Waals surface area (Å²) in [5.74, 6) is -0.139. The molecule has 430 valence electrons. The van der Waals surface area contributed by atoms with Crippen LogP contribution < -0.4 is 0 Å². The van der Waals surface area contributed by atoms with Crippen molar-refractivity contribution in [3.8, 4) is 0 Å². The van der Waals surface area contributed by atoms with Gasteiger partial charge in [-0.05, 0) is 56.3 Å². The molecule has 81 heavy (non-hydrogen) atoms. The summed E-state index contributed by atoms with van der Waals surface area (Å²) < 4.78 is 92.1. The summed E-state index contributed by atoms with van der Waals surface area (Å²) in [6.45, 7) is 19.9.